The molecule has 0 saturated carbocycles. The molecule has 0 aliphatic rings. The molecule has 4 heteroatoms. The molecule has 0 bridgehead atoms. The molecule has 0 radical (unpaired) electrons. The molecule has 0 atom stereocenters. The lowest BCUT2D eigenvalue weighted by atomic mass is 10.3. The number of carbonyl (C=O) groups is 1. The normalized spacial score (nSPS) is 9.94. The summed E-state index contributed by atoms with van der Waals surface area (Å²) < 4.78 is 1.32. The lowest BCUT2D eigenvalue weighted by Gasteiger charge is -2.08. The standard InChI is InChI=1S/C13H12N2O2/c1-15-11(8-5-9-12(15)16)13(17)14-10-6-3-2-4-7-10/h2-9H,1H3,(H,14,17). The summed E-state index contributed by atoms with van der Waals surface area (Å²) in [4.78, 5) is 23.3. The first-order chi connectivity index (χ1) is 8.18. The van der Waals surface area contributed by atoms with Gasteiger partial charge in [0, 0.05) is 18.8 Å². The average Bonchev–Trinajstić information content (AvgIpc) is 2.34. The molecule has 2 rings (SSSR count). The van der Waals surface area contributed by atoms with Crippen LogP contribution in [0.1, 0.15) is 10.5 Å². The van der Waals surface area contributed by atoms with Crippen molar-refractivity contribution < 1.29 is 4.79 Å². The van der Waals surface area contributed by atoms with Gasteiger partial charge >= 0.3 is 0 Å². The average molecular weight is 228 g/mol. The van der Waals surface area contributed by atoms with Gasteiger partial charge in [0.15, 0.2) is 0 Å². The third-order valence-electron chi connectivity index (χ3n) is 2.45. The fourth-order valence-corrected chi connectivity index (χ4v) is 1.51. The highest BCUT2D eigenvalue weighted by Gasteiger charge is 2.09. The van der Waals surface area contributed by atoms with Gasteiger partial charge in [-0.15, -0.1) is 0 Å². The van der Waals surface area contributed by atoms with Gasteiger partial charge in [-0.3, -0.25) is 9.59 Å². The first-order valence-electron chi connectivity index (χ1n) is 5.21. The Kier molecular flexibility index (Phi) is 3.05. The summed E-state index contributed by atoms with van der Waals surface area (Å²) in [6, 6.07) is 13.7. The molecule has 0 spiro atoms. The van der Waals surface area contributed by atoms with Crippen molar-refractivity contribution in [2.45, 2.75) is 0 Å². The second kappa shape index (κ2) is 4.65. The minimum Gasteiger partial charge on any atom is -0.321 e. The maximum Gasteiger partial charge on any atom is 0.272 e. The molecule has 4 nitrogen and oxygen atoms in total. The Morgan fingerprint density at radius 2 is 1.76 bits per heavy atom. The van der Waals surface area contributed by atoms with Gasteiger partial charge in [-0.05, 0) is 18.2 Å². The van der Waals surface area contributed by atoms with Crippen LogP contribution in [0.25, 0.3) is 0 Å². The third kappa shape index (κ3) is 2.42. The molecule has 17 heavy (non-hydrogen) atoms. The van der Waals surface area contributed by atoms with Crippen LogP contribution in [0.5, 0.6) is 0 Å². The first-order valence-corrected chi connectivity index (χ1v) is 5.21. The van der Waals surface area contributed by atoms with E-state index in [0.717, 1.165) is 0 Å². The highest BCUT2D eigenvalue weighted by atomic mass is 16.2. The van der Waals surface area contributed by atoms with Gasteiger partial charge in [0.2, 0.25) is 0 Å². The molecule has 86 valence electrons. The molecule has 0 unspecified atom stereocenters. The number of nitrogens with zero attached hydrogens (tertiary/aromatic N) is 1. The second-order valence-corrected chi connectivity index (χ2v) is 3.63. The molecule has 1 amide bonds. The molecule has 1 N–H and O–H groups in total. The van der Waals surface area contributed by atoms with E-state index >= 15 is 0 Å². The van der Waals surface area contributed by atoms with Gasteiger partial charge in [-0.2, -0.15) is 0 Å². The molecule has 0 fully saturated rings. The second-order valence-electron chi connectivity index (χ2n) is 3.63. The Morgan fingerprint density at radius 1 is 1.06 bits per heavy atom. The molecule has 1 aromatic carbocycles. The Labute approximate surface area is 98.5 Å². The lowest BCUT2D eigenvalue weighted by molar-refractivity contribution is 0.101. The van der Waals surface area contributed by atoms with Gasteiger partial charge in [-0.1, -0.05) is 24.3 Å². The zero-order chi connectivity index (χ0) is 12.3. The van der Waals surface area contributed by atoms with Crippen molar-refractivity contribution in [3.05, 3.63) is 64.6 Å². The van der Waals surface area contributed by atoms with Crippen LogP contribution in [-0.4, -0.2) is 10.5 Å². The molecular formula is C13H12N2O2. The number of nitrogens with one attached hydrogen (secondary N) is 1. The Hall–Kier alpha value is -2.36. The van der Waals surface area contributed by atoms with Gasteiger partial charge in [0.1, 0.15) is 5.69 Å². The van der Waals surface area contributed by atoms with Crippen molar-refractivity contribution in [2.75, 3.05) is 5.32 Å². The van der Waals surface area contributed by atoms with E-state index in [1.54, 1.807) is 31.3 Å². The van der Waals surface area contributed by atoms with Gasteiger partial charge < -0.3 is 9.88 Å². The number of benzene rings is 1. The Balaban J connectivity index is 2.27. The van der Waals surface area contributed by atoms with Gasteiger partial charge in [-0.25, -0.2) is 0 Å². The highest BCUT2D eigenvalue weighted by Crippen LogP contribution is 2.07. The monoisotopic (exact) mass is 228 g/mol. The van der Waals surface area contributed by atoms with E-state index in [2.05, 4.69) is 5.32 Å². The summed E-state index contributed by atoms with van der Waals surface area (Å²) in [5, 5.41) is 2.73. The van der Waals surface area contributed by atoms with Crippen LogP contribution in [0, 0.1) is 0 Å². The maximum absolute atomic E-state index is 11.9. The predicted molar refractivity (Wildman–Crippen MR) is 66.1 cm³/mol. The van der Waals surface area contributed by atoms with Crippen LogP contribution in [0.2, 0.25) is 0 Å². The number of hydrogen-bond acceptors (Lipinski definition) is 2. The summed E-state index contributed by atoms with van der Waals surface area (Å²) in [5.74, 6) is -0.295. The summed E-state index contributed by atoms with van der Waals surface area (Å²) in [6.07, 6.45) is 0. The molecular weight excluding hydrogens is 216 g/mol. The highest BCUT2D eigenvalue weighted by molar-refractivity contribution is 6.02. The van der Waals surface area contributed by atoms with E-state index in [4.69, 9.17) is 0 Å². The van der Waals surface area contributed by atoms with Crippen molar-refractivity contribution in [1.29, 1.82) is 0 Å². The number of anilines is 1. The number of pyridine rings is 1. The smallest absolute Gasteiger partial charge is 0.272 e. The number of carbonyl (C=O) groups excluding carboxylic acids is 1. The van der Waals surface area contributed by atoms with E-state index in [9.17, 15) is 9.59 Å². The molecule has 1 heterocycles. The minimum absolute atomic E-state index is 0.203. The topological polar surface area (TPSA) is 51.1 Å². The fraction of sp³-hybridized carbons (Fsp3) is 0.0769. The molecule has 1 aromatic heterocycles. The van der Waals surface area contributed by atoms with Gasteiger partial charge in [0.25, 0.3) is 11.5 Å². The predicted octanol–water partition coefficient (Wildman–Crippen LogP) is 1.64. The molecule has 0 aliphatic carbocycles. The van der Waals surface area contributed by atoms with Crippen molar-refractivity contribution >= 4 is 11.6 Å². The maximum atomic E-state index is 11.9. The minimum atomic E-state index is -0.295. The number of para-hydroxylation sites is 1. The summed E-state index contributed by atoms with van der Waals surface area (Å²) in [5.41, 5.74) is 0.834. The lowest BCUT2D eigenvalue weighted by Crippen LogP contribution is -2.25. The quantitative estimate of drug-likeness (QED) is 0.849. The van der Waals surface area contributed by atoms with Crippen LogP contribution in [-0.2, 0) is 7.05 Å². The summed E-state index contributed by atoms with van der Waals surface area (Å²) >= 11 is 0. The largest absolute Gasteiger partial charge is 0.321 e. The fourth-order valence-electron chi connectivity index (χ4n) is 1.51. The summed E-state index contributed by atoms with van der Waals surface area (Å²) in [7, 11) is 1.57. The molecule has 2 aromatic rings. The SMILES string of the molecule is Cn1c(C(=O)Nc2ccccc2)cccc1=O. The number of rotatable bonds is 2. The number of hydrogen-bond donors (Lipinski definition) is 1. The van der Waals surface area contributed by atoms with E-state index < -0.39 is 0 Å². The first kappa shape index (κ1) is 11.1. The van der Waals surface area contributed by atoms with Crippen molar-refractivity contribution in [3.8, 4) is 0 Å². The summed E-state index contributed by atoms with van der Waals surface area (Å²) in [6.45, 7) is 0. The zero-order valence-electron chi connectivity index (χ0n) is 9.38. The molecule has 0 aliphatic heterocycles. The Morgan fingerprint density at radius 3 is 2.47 bits per heavy atom. The van der Waals surface area contributed by atoms with Gasteiger partial charge in [0.05, 0.1) is 0 Å². The van der Waals surface area contributed by atoms with Crippen LogP contribution in [0.15, 0.2) is 53.3 Å². The van der Waals surface area contributed by atoms with Crippen molar-refractivity contribution in [3.63, 3.8) is 0 Å². The van der Waals surface area contributed by atoms with Crippen LogP contribution >= 0.6 is 0 Å². The third-order valence-corrected chi connectivity index (χ3v) is 2.45. The van der Waals surface area contributed by atoms with E-state index in [1.165, 1.54) is 10.6 Å². The van der Waals surface area contributed by atoms with Crippen molar-refractivity contribution in [1.82, 2.24) is 4.57 Å². The van der Waals surface area contributed by atoms with E-state index in [1.807, 2.05) is 18.2 Å². The number of amides is 1. The van der Waals surface area contributed by atoms with E-state index in [-0.39, 0.29) is 11.5 Å². The van der Waals surface area contributed by atoms with Crippen molar-refractivity contribution in [2.24, 2.45) is 7.05 Å². The molecule has 0 saturated heterocycles. The van der Waals surface area contributed by atoms with Crippen LogP contribution < -0.4 is 10.9 Å². The Bertz CT molecular complexity index is 588. The van der Waals surface area contributed by atoms with Crippen LogP contribution in [0.4, 0.5) is 5.69 Å². The zero-order valence-corrected chi connectivity index (χ0v) is 9.38. The number of aromatic nitrogens is 1. The van der Waals surface area contributed by atoms with E-state index in [0.29, 0.717) is 11.4 Å². The van der Waals surface area contributed by atoms with Crippen LogP contribution in [0.3, 0.4) is 0 Å².